The van der Waals surface area contributed by atoms with Crippen LogP contribution < -0.4 is 4.74 Å². The lowest BCUT2D eigenvalue weighted by Crippen LogP contribution is -2.30. The Morgan fingerprint density at radius 1 is 1.41 bits per heavy atom. The molecule has 3 nitrogen and oxygen atoms in total. The number of hydrogen-bond donors (Lipinski definition) is 0. The average Bonchev–Trinajstić information content (AvgIpc) is 2.30. The molecule has 94 valence electrons. The molecule has 1 aliphatic rings. The molecule has 0 radical (unpaired) electrons. The van der Waals surface area contributed by atoms with Crippen molar-refractivity contribution >= 4 is 0 Å². The molecule has 0 amide bonds. The number of piperidine rings is 1. The second-order valence-electron chi connectivity index (χ2n) is 5.06. The molecule has 17 heavy (non-hydrogen) atoms. The van der Waals surface area contributed by atoms with Crippen molar-refractivity contribution < 1.29 is 4.74 Å². The van der Waals surface area contributed by atoms with Gasteiger partial charge in [0.15, 0.2) is 0 Å². The smallest absolute Gasteiger partial charge is 0.218 e. The zero-order chi connectivity index (χ0) is 12.3. The Hall–Kier alpha value is -1.09. The van der Waals surface area contributed by atoms with E-state index in [0.29, 0.717) is 6.04 Å². The van der Waals surface area contributed by atoms with E-state index in [-0.39, 0.29) is 6.10 Å². The van der Waals surface area contributed by atoms with Gasteiger partial charge in [0.25, 0.3) is 0 Å². The normalized spacial score (nSPS) is 21.8. The SMILES string of the molecule is CC(C)Oc1ncccc1C1CCCCN1C. The van der Waals surface area contributed by atoms with Crippen molar-refractivity contribution in [1.29, 1.82) is 0 Å². The summed E-state index contributed by atoms with van der Waals surface area (Å²) in [5, 5.41) is 0. The molecule has 1 fully saturated rings. The van der Waals surface area contributed by atoms with E-state index in [1.807, 2.05) is 26.1 Å². The lowest BCUT2D eigenvalue weighted by Gasteiger charge is -2.33. The zero-order valence-corrected chi connectivity index (χ0v) is 11.0. The first-order chi connectivity index (χ1) is 8.18. The van der Waals surface area contributed by atoms with Crippen LogP contribution in [0.3, 0.4) is 0 Å². The molecule has 0 N–H and O–H groups in total. The van der Waals surface area contributed by atoms with E-state index >= 15 is 0 Å². The maximum Gasteiger partial charge on any atom is 0.218 e. The number of hydrogen-bond acceptors (Lipinski definition) is 3. The summed E-state index contributed by atoms with van der Waals surface area (Å²) in [6.07, 6.45) is 5.79. The first-order valence-corrected chi connectivity index (χ1v) is 6.50. The summed E-state index contributed by atoms with van der Waals surface area (Å²) in [4.78, 5) is 6.79. The lowest BCUT2D eigenvalue weighted by molar-refractivity contribution is 0.173. The third-order valence-electron chi connectivity index (χ3n) is 3.28. The van der Waals surface area contributed by atoms with Gasteiger partial charge in [-0.15, -0.1) is 0 Å². The fourth-order valence-corrected chi connectivity index (χ4v) is 2.45. The van der Waals surface area contributed by atoms with E-state index in [4.69, 9.17) is 4.74 Å². The minimum Gasteiger partial charge on any atom is -0.475 e. The monoisotopic (exact) mass is 234 g/mol. The van der Waals surface area contributed by atoms with Crippen LogP contribution in [0.25, 0.3) is 0 Å². The molecule has 0 aliphatic carbocycles. The molecular weight excluding hydrogens is 212 g/mol. The minimum absolute atomic E-state index is 0.178. The van der Waals surface area contributed by atoms with Crippen LogP contribution in [-0.2, 0) is 0 Å². The number of likely N-dealkylation sites (tertiary alicyclic amines) is 1. The van der Waals surface area contributed by atoms with Crippen LogP contribution in [-0.4, -0.2) is 29.6 Å². The molecule has 0 spiro atoms. The number of nitrogens with zero attached hydrogens (tertiary/aromatic N) is 2. The highest BCUT2D eigenvalue weighted by molar-refractivity contribution is 5.29. The molecule has 1 atom stereocenters. The van der Waals surface area contributed by atoms with Gasteiger partial charge in [-0.1, -0.05) is 12.5 Å². The van der Waals surface area contributed by atoms with E-state index in [0.717, 1.165) is 5.88 Å². The Bertz CT molecular complexity index is 365. The van der Waals surface area contributed by atoms with Gasteiger partial charge in [0.05, 0.1) is 6.10 Å². The topological polar surface area (TPSA) is 25.4 Å². The minimum atomic E-state index is 0.178. The quantitative estimate of drug-likeness (QED) is 0.804. The number of rotatable bonds is 3. The van der Waals surface area contributed by atoms with Crippen LogP contribution in [0.4, 0.5) is 0 Å². The summed E-state index contributed by atoms with van der Waals surface area (Å²) in [5.41, 5.74) is 1.24. The first kappa shape index (κ1) is 12.4. The average molecular weight is 234 g/mol. The fourth-order valence-electron chi connectivity index (χ4n) is 2.45. The van der Waals surface area contributed by atoms with Gasteiger partial charge in [0.1, 0.15) is 0 Å². The summed E-state index contributed by atoms with van der Waals surface area (Å²) >= 11 is 0. The van der Waals surface area contributed by atoms with Crippen molar-refractivity contribution in [2.75, 3.05) is 13.6 Å². The molecule has 2 heterocycles. The molecular formula is C14H22N2O. The maximum atomic E-state index is 5.81. The highest BCUT2D eigenvalue weighted by atomic mass is 16.5. The number of ether oxygens (including phenoxy) is 1. The Labute approximate surface area is 104 Å². The largest absolute Gasteiger partial charge is 0.475 e. The van der Waals surface area contributed by atoms with Crippen LogP contribution in [0, 0.1) is 0 Å². The van der Waals surface area contributed by atoms with Gasteiger partial charge in [0.2, 0.25) is 5.88 Å². The standard InChI is InChI=1S/C14H22N2O/c1-11(2)17-14-12(7-6-9-15-14)13-8-4-5-10-16(13)3/h6-7,9,11,13H,4-5,8,10H2,1-3H3. The van der Waals surface area contributed by atoms with Gasteiger partial charge in [-0.25, -0.2) is 4.98 Å². The molecule has 1 unspecified atom stereocenters. The Balaban J connectivity index is 2.23. The molecule has 1 aliphatic heterocycles. The summed E-state index contributed by atoms with van der Waals surface area (Å²) in [5.74, 6) is 0.807. The summed E-state index contributed by atoms with van der Waals surface area (Å²) in [7, 11) is 2.19. The Kier molecular flexibility index (Phi) is 4.00. The summed E-state index contributed by atoms with van der Waals surface area (Å²) in [6, 6.07) is 4.62. The molecule has 2 rings (SSSR count). The second-order valence-corrected chi connectivity index (χ2v) is 5.06. The van der Waals surface area contributed by atoms with Crippen molar-refractivity contribution in [2.45, 2.75) is 45.3 Å². The van der Waals surface area contributed by atoms with Gasteiger partial charge >= 0.3 is 0 Å². The van der Waals surface area contributed by atoms with Crippen LogP contribution in [0.5, 0.6) is 5.88 Å². The lowest BCUT2D eigenvalue weighted by atomic mass is 9.96. The van der Waals surface area contributed by atoms with Gasteiger partial charge in [0, 0.05) is 17.8 Å². The van der Waals surface area contributed by atoms with Crippen molar-refractivity contribution in [3.8, 4) is 5.88 Å². The Morgan fingerprint density at radius 2 is 2.24 bits per heavy atom. The van der Waals surface area contributed by atoms with Crippen LogP contribution in [0.2, 0.25) is 0 Å². The molecule has 1 aromatic heterocycles. The molecule has 1 saturated heterocycles. The highest BCUT2D eigenvalue weighted by Gasteiger charge is 2.24. The van der Waals surface area contributed by atoms with Crippen LogP contribution >= 0.6 is 0 Å². The van der Waals surface area contributed by atoms with Gasteiger partial charge in [-0.05, 0) is 46.3 Å². The van der Waals surface area contributed by atoms with E-state index in [1.165, 1.54) is 31.4 Å². The van der Waals surface area contributed by atoms with E-state index < -0.39 is 0 Å². The summed E-state index contributed by atoms with van der Waals surface area (Å²) in [6.45, 7) is 5.26. The van der Waals surface area contributed by atoms with Crippen molar-refractivity contribution in [3.05, 3.63) is 23.9 Å². The zero-order valence-electron chi connectivity index (χ0n) is 11.0. The predicted molar refractivity (Wildman–Crippen MR) is 69.2 cm³/mol. The van der Waals surface area contributed by atoms with Crippen molar-refractivity contribution in [1.82, 2.24) is 9.88 Å². The third-order valence-corrected chi connectivity index (χ3v) is 3.28. The van der Waals surface area contributed by atoms with Gasteiger partial charge < -0.3 is 4.74 Å². The van der Waals surface area contributed by atoms with Crippen molar-refractivity contribution in [3.63, 3.8) is 0 Å². The van der Waals surface area contributed by atoms with Crippen LogP contribution in [0.15, 0.2) is 18.3 Å². The second kappa shape index (κ2) is 5.50. The predicted octanol–water partition coefficient (Wildman–Crippen LogP) is 3.03. The van der Waals surface area contributed by atoms with Gasteiger partial charge in [-0.2, -0.15) is 0 Å². The first-order valence-electron chi connectivity index (χ1n) is 6.50. The van der Waals surface area contributed by atoms with Crippen LogP contribution in [0.1, 0.15) is 44.7 Å². The van der Waals surface area contributed by atoms with E-state index in [1.54, 1.807) is 0 Å². The molecule has 0 aromatic carbocycles. The van der Waals surface area contributed by atoms with Crippen molar-refractivity contribution in [2.24, 2.45) is 0 Å². The number of aromatic nitrogens is 1. The summed E-state index contributed by atoms with van der Waals surface area (Å²) < 4.78 is 5.81. The molecule has 3 heteroatoms. The highest BCUT2D eigenvalue weighted by Crippen LogP contribution is 2.34. The molecule has 0 bridgehead atoms. The van der Waals surface area contributed by atoms with Gasteiger partial charge in [-0.3, -0.25) is 4.90 Å². The fraction of sp³-hybridized carbons (Fsp3) is 0.643. The molecule has 0 saturated carbocycles. The number of pyridine rings is 1. The van der Waals surface area contributed by atoms with E-state index in [2.05, 4.69) is 23.0 Å². The Morgan fingerprint density at radius 3 is 2.94 bits per heavy atom. The third kappa shape index (κ3) is 2.97. The maximum absolute atomic E-state index is 5.81. The van der Waals surface area contributed by atoms with E-state index in [9.17, 15) is 0 Å². The molecule has 1 aromatic rings.